The van der Waals surface area contributed by atoms with E-state index in [1.165, 1.54) is 4.88 Å². The van der Waals surface area contributed by atoms with Crippen molar-refractivity contribution in [3.05, 3.63) is 16.1 Å². The van der Waals surface area contributed by atoms with Crippen LogP contribution in [0.3, 0.4) is 0 Å². The molecule has 2 N–H and O–H groups in total. The Morgan fingerprint density at radius 3 is 2.75 bits per heavy atom. The number of halogens is 1. The van der Waals surface area contributed by atoms with Gasteiger partial charge in [-0.25, -0.2) is 9.98 Å². The predicted molar refractivity (Wildman–Crippen MR) is 112 cm³/mol. The van der Waals surface area contributed by atoms with Crippen molar-refractivity contribution in [2.24, 2.45) is 4.99 Å². The second kappa shape index (κ2) is 12.0. The zero-order valence-electron chi connectivity index (χ0n) is 14.9. The number of thiazole rings is 1. The van der Waals surface area contributed by atoms with Crippen LogP contribution < -0.4 is 10.6 Å². The Balaban J connectivity index is 0.00000288. The van der Waals surface area contributed by atoms with Gasteiger partial charge in [0, 0.05) is 50.9 Å². The predicted octanol–water partition coefficient (Wildman–Crippen LogP) is 2.24. The fraction of sp³-hybridized carbons (Fsp3) is 0.750. The topological polar surface area (TPSA) is 61.8 Å². The molecule has 1 aromatic rings. The molecule has 2 heterocycles. The SMILES string of the molecule is CCNC(=NCc1cnc(C)s1)NCCN1CCC(OC)CC1.I. The van der Waals surface area contributed by atoms with Crippen LogP contribution in [0.5, 0.6) is 0 Å². The minimum atomic E-state index is 0. The molecule has 0 atom stereocenters. The van der Waals surface area contributed by atoms with Gasteiger partial charge in [0.25, 0.3) is 0 Å². The molecule has 24 heavy (non-hydrogen) atoms. The highest BCUT2D eigenvalue weighted by atomic mass is 127. The van der Waals surface area contributed by atoms with E-state index in [2.05, 4.69) is 32.4 Å². The van der Waals surface area contributed by atoms with Gasteiger partial charge in [-0.05, 0) is 26.7 Å². The number of ether oxygens (including phenoxy) is 1. The van der Waals surface area contributed by atoms with Gasteiger partial charge in [0.1, 0.15) is 0 Å². The number of rotatable bonds is 7. The summed E-state index contributed by atoms with van der Waals surface area (Å²) in [6.07, 6.45) is 4.62. The first-order chi connectivity index (χ1) is 11.2. The summed E-state index contributed by atoms with van der Waals surface area (Å²) < 4.78 is 5.41. The van der Waals surface area contributed by atoms with Crippen molar-refractivity contribution in [3.8, 4) is 0 Å². The third-order valence-electron chi connectivity index (χ3n) is 3.99. The lowest BCUT2D eigenvalue weighted by Gasteiger charge is -2.31. The molecule has 2 rings (SSSR count). The molecule has 0 saturated carbocycles. The van der Waals surface area contributed by atoms with Crippen molar-refractivity contribution in [2.75, 3.05) is 39.8 Å². The number of hydrogen-bond donors (Lipinski definition) is 2. The summed E-state index contributed by atoms with van der Waals surface area (Å²) in [7, 11) is 1.81. The van der Waals surface area contributed by atoms with Gasteiger partial charge < -0.3 is 20.3 Å². The van der Waals surface area contributed by atoms with Gasteiger partial charge in [0.2, 0.25) is 0 Å². The molecular weight excluding hydrogens is 437 g/mol. The summed E-state index contributed by atoms with van der Waals surface area (Å²) in [5.41, 5.74) is 0. The third-order valence-corrected chi connectivity index (χ3v) is 4.89. The Labute approximate surface area is 166 Å². The van der Waals surface area contributed by atoms with E-state index in [4.69, 9.17) is 4.74 Å². The molecule has 0 amide bonds. The van der Waals surface area contributed by atoms with Gasteiger partial charge >= 0.3 is 0 Å². The van der Waals surface area contributed by atoms with E-state index in [1.54, 1.807) is 11.3 Å². The highest BCUT2D eigenvalue weighted by molar-refractivity contribution is 14.0. The zero-order valence-corrected chi connectivity index (χ0v) is 18.0. The van der Waals surface area contributed by atoms with Crippen LogP contribution in [0.2, 0.25) is 0 Å². The van der Waals surface area contributed by atoms with E-state index in [1.807, 2.05) is 20.2 Å². The van der Waals surface area contributed by atoms with Crippen LogP contribution in [-0.2, 0) is 11.3 Å². The maximum Gasteiger partial charge on any atom is 0.191 e. The summed E-state index contributed by atoms with van der Waals surface area (Å²) >= 11 is 1.70. The number of aliphatic imine (C=N–C) groups is 1. The first-order valence-corrected chi connectivity index (χ1v) is 9.21. The van der Waals surface area contributed by atoms with Crippen LogP contribution in [0.15, 0.2) is 11.2 Å². The number of nitrogens with zero attached hydrogens (tertiary/aromatic N) is 3. The van der Waals surface area contributed by atoms with Crippen LogP contribution in [0, 0.1) is 6.92 Å². The van der Waals surface area contributed by atoms with Gasteiger partial charge in [-0.1, -0.05) is 0 Å². The molecule has 0 unspecified atom stereocenters. The van der Waals surface area contributed by atoms with Crippen molar-refractivity contribution < 1.29 is 4.74 Å². The minimum absolute atomic E-state index is 0. The van der Waals surface area contributed by atoms with Crippen molar-refractivity contribution in [1.82, 2.24) is 20.5 Å². The Morgan fingerprint density at radius 1 is 1.42 bits per heavy atom. The Kier molecular flexibility index (Phi) is 10.8. The Hall–Kier alpha value is -0.450. The quantitative estimate of drug-likeness (QED) is 0.366. The number of hydrogen-bond acceptors (Lipinski definition) is 5. The summed E-state index contributed by atoms with van der Waals surface area (Å²) in [6.45, 7) is 9.85. The molecular formula is C16H30IN5OS. The van der Waals surface area contributed by atoms with Crippen molar-refractivity contribution in [1.29, 1.82) is 0 Å². The lowest BCUT2D eigenvalue weighted by molar-refractivity contribution is 0.0417. The van der Waals surface area contributed by atoms with E-state index >= 15 is 0 Å². The molecule has 0 spiro atoms. The molecule has 0 aliphatic carbocycles. The van der Waals surface area contributed by atoms with Crippen LogP contribution in [0.4, 0.5) is 0 Å². The Bertz CT molecular complexity index is 489. The largest absolute Gasteiger partial charge is 0.381 e. The number of aryl methyl sites for hydroxylation is 1. The number of likely N-dealkylation sites (tertiary alicyclic amines) is 1. The lowest BCUT2D eigenvalue weighted by Crippen LogP contribution is -2.44. The molecule has 1 aromatic heterocycles. The van der Waals surface area contributed by atoms with E-state index in [0.717, 1.165) is 56.5 Å². The van der Waals surface area contributed by atoms with Crippen LogP contribution in [0.1, 0.15) is 29.7 Å². The number of aromatic nitrogens is 1. The molecule has 0 aromatic carbocycles. The number of nitrogens with one attached hydrogen (secondary N) is 2. The molecule has 1 saturated heterocycles. The Morgan fingerprint density at radius 2 is 2.17 bits per heavy atom. The molecule has 0 radical (unpaired) electrons. The average Bonchev–Trinajstić information content (AvgIpc) is 2.99. The maximum atomic E-state index is 5.41. The second-order valence-electron chi connectivity index (χ2n) is 5.74. The molecule has 1 fully saturated rings. The van der Waals surface area contributed by atoms with Gasteiger partial charge in [0.15, 0.2) is 5.96 Å². The van der Waals surface area contributed by atoms with E-state index in [9.17, 15) is 0 Å². The molecule has 6 nitrogen and oxygen atoms in total. The van der Waals surface area contributed by atoms with Gasteiger partial charge in [0.05, 0.1) is 17.7 Å². The summed E-state index contributed by atoms with van der Waals surface area (Å²) in [5.74, 6) is 0.880. The first kappa shape index (κ1) is 21.6. The van der Waals surface area contributed by atoms with Gasteiger partial charge in [-0.3, -0.25) is 0 Å². The fourth-order valence-corrected chi connectivity index (χ4v) is 3.40. The number of guanidine groups is 1. The molecule has 1 aliphatic rings. The highest BCUT2D eigenvalue weighted by Gasteiger charge is 2.17. The number of piperidine rings is 1. The number of methoxy groups -OCH3 is 1. The normalized spacial score (nSPS) is 16.7. The fourth-order valence-electron chi connectivity index (χ4n) is 2.68. The smallest absolute Gasteiger partial charge is 0.191 e. The third kappa shape index (κ3) is 7.62. The van der Waals surface area contributed by atoms with Crippen molar-refractivity contribution >= 4 is 41.3 Å². The minimum Gasteiger partial charge on any atom is -0.381 e. The summed E-state index contributed by atoms with van der Waals surface area (Å²) in [4.78, 5) is 12.6. The van der Waals surface area contributed by atoms with Crippen molar-refractivity contribution in [3.63, 3.8) is 0 Å². The van der Waals surface area contributed by atoms with Gasteiger partial charge in [-0.15, -0.1) is 35.3 Å². The van der Waals surface area contributed by atoms with E-state index < -0.39 is 0 Å². The summed E-state index contributed by atoms with van der Waals surface area (Å²) in [6, 6.07) is 0. The van der Waals surface area contributed by atoms with E-state index in [-0.39, 0.29) is 24.0 Å². The lowest BCUT2D eigenvalue weighted by atomic mass is 10.1. The maximum absolute atomic E-state index is 5.41. The second-order valence-corrected chi connectivity index (χ2v) is 7.06. The molecule has 1 aliphatic heterocycles. The van der Waals surface area contributed by atoms with Crippen LogP contribution >= 0.6 is 35.3 Å². The van der Waals surface area contributed by atoms with E-state index in [0.29, 0.717) is 12.6 Å². The highest BCUT2D eigenvalue weighted by Crippen LogP contribution is 2.13. The first-order valence-electron chi connectivity index (χ1n) is 8.40. The molecule has 0 bridgehead atoms. The van der Waals surface area contributed by atoms with Gasteiger partial charge in [-0.2, -0.15) is 0 Å². The molecule has 138 valence electrons. The standard InChI is InChI=1S/C16H29N5OS.HI/c1-4-17-16(20-12-15-11-19-13(2)23-15)18-7-10-21-8-5-14(22-3)6-9-21;/h11,14H,4-10,12H2,1-3H3,(H2,17,18,20);1H. The van der Waals surface area contributed by atoms with Crippen molar-refractivity contribution in [2.45, 2.75) is 39.3 Å². The molecule has 8 heteroatoms. The average molecular weight is 467 g/mol. The monoisotopic (exact) mass is 467 g/mol. The van der Waals surface area contributed by atoms with Crippen LogP contribution in [-0.4, -0.2) is 61.8 Å². The summed E-state index contributed by atoms with van der Waals surface area (Å²) in [5, 5.41) is 7.81. The zero-order chi connectivity index (χ0) is 16.5. The van der Waals surface area contributed by atoms with Crippen LogP contribution in [0.25, 0.3) is 0 Å².